The molecule has 2 aromatic rings. The first-order valence-electron chi connectivity index (χ1n) is 7.31. The van der Waals surface area contributed by atoms with E-state index in [1.165, 1.54) is 0 Å². The Labute approximate surface area is 127 Å². The zero-order valence-electron chi connectivity index (χ0n) is 12.1. The molecule has 1 aliphatic rings. The van der Waals surface area contributed by atoms with Crippen molar-refractivity contribution < 1.29 is 19.4 Å². The number of carbonyl (C=O) groups is 2. The zero-order valence-corrected chi connectivity index (χ0v) is 12.1. The van der Waals surface area contributed by atoms with Gasteiger partial charge in [0.1, 0.15) is 0 Å². The quantitative estimate of drug-likeness (QED) is 0.925. The Hall–Kier alpha value is -2.34. The van der Waals surface area contributed by atoms with Crippen LogP contribution < -0.4 is 0 Å². The van der Waals surface area contributed by atoms with E-state index < -0.39 is 12.1 Å². The van der Waals surface area contributed by atoms with Gasteiger partial charge in [-0.3, -0.25) is 4.79 Å². The van der Waals surface area contributed by atoms with Crippen molar-refractivity contribution in [1.82, 2.24) is 9.47 Å². The molecule has 1 atom stereocenters. The average Bonchev–Trinajstić information content (AvgIpc) is 2.96. The van der Waals surface area contributed by atoms with Crippen LogP contribution in [-0.2, 0) is 20.9 Å². The first-order valence-corrected chi connectivity index (χ1v) is 7.31. The number of aliphatic carboxylic acids is 1. The van der Waals surface area contributed by atoms with Crippen molar-refractivity contribution in [2.75, 3.05) is 19.7 Å². The highest BCUT2D eigenvalue weighted by Crippen LogP contribution is 2.16. The maximum Gasteiger partial charge on any atom is 0.334 e. The molecule has 0 radical (unpaired) electrons. The summed E-state index contributed by atoms with van der Waals surface area (Å²) in [5, 5.41) is 10.1. The Bertz CT molecular complexity index is 694. The van der Waals surface area contributed by atoms with Crippen LogP contribution in [0.15, 0.2) is 36.5 Å². The maximum absolute atomic E-state index is 12.3. The molecule has 22 heavy (non-hydrogen) atoms. The fourth-order valence-corrected chi connectivity index (χ4v) is 2.74. The number of morpholine rings is 1. The third kappa shape index (κ3) is 2.96. The lowest BCUT2D eigenvalue weighted by Gasteiger charge is -2.31. The van der Waals surface area contributed by atoms with E-state index in [1.54, 1.807) is 4.90 Å². The number of carboxylic acids is 1. The lowest BCUT2D eigenvalue weighted by Crippen LogP contribution is -2.48. The molecule has 1 N–H and O–H groups in total. The zero-order chi connectivity index (χ0) is 15.5. The minimum absolute atomic E-state index is 0.0349. The third-order valence-corrected chi connectivity index (χ3v) is 3.94. The highest BCUT2D eigenvalue weighted by Gasteiger charge is 2.28. The smallest absolute Gasteiger partial charge is 0.334 e. The summed E-state index contributed by atoms with van der Waals surface area (Å²) in [5.41, 5.74) is 1.10. The van der Waals surface area contributed by atoms with Gasteiger partial charge in [0.15, 0.2) is 6.10 Å². The SMILES string of the molecule is O=C(O)C1CN(C(=O)CCn2ccc3ccccc32)CCO1. The van der Waals surface area contributed by atoms with E-state index in [0.29, 0.717) is 19.5 Å². The number of nitrogens with zero attached hydrogens (tertiary/aromatic N) is 2. The number of carbonyl (C=O) groups excluding carboxylic acids is 1. The van der Waals surface area contributed by atoms with Crippen LogP contribution in [-0.4, -0.2) is 52.3 Å². The lowest BCUT2D eigenvalue weighted by molar-refractivity contribution is -0.159. The molecule has 0 aliphatic carbocycles. The van der Waals surface area contributed by atoms with Crippen LogP contribution in [0.1, 0.15) is 6.42 Å². The van der Waals surface area contributed by atoms with E-state index in [9.17, 15) is 9.59 Å². The number of ether oxygens (including phenoxy) is 1. The summed E-state index contributed by atoms with van der Waals surface area (Å²) < 4.78 is 7.17. The number of para-hydroxylation sites is 1. The second-order valence-electron chi connectivity index (χ2n) is 5.36. The summed E-state index contributed by atoms with van der Waals surface area (Å²) in [6.45, 7) is 1.44. The summed E-state index contributed by atoms with van der Waals surface area (Å²) >= 11 is 0. The molecule has 3 rings (SSSR count). The molecule has 6 nitrogen and oxygen atoms in total. The molecule has 0 saturated carbocycles. The molecule has 1 aliphatic heterocycles. The standard InChI is InChI=1S/C16H18N2O4/c19-15(18-9-10-22-14(11-18)16(20)21)6-8-17-7-5-12-3-1-2-4-13(12)17/h1-5,7,14H,6,8-11H2,(H,20,21). The number of amides is 1. The number of rotatable bonds is 4. The predicted molar refractivity (Wildman–Crippen MR) is 80.5 cm³/mol. The second kappa shape index (κ2) is 6.19. The maximum atomic E-state index is 12.3. The Morgan fingerprint density at radius 3 is 2.91 bits per heavy atom. The summed E-state index contributed by atoms with van der Waals surface area (Å²) in [4.78, 5) is 24.8. The fourth-order valence-electron chi connectivity index (χ4n) is 2.74. The largest absolute Gasteiger partial charge is 0.479 e. The van der Waals surface area contributed by atoms with Gasteiger partial charge in [0, 0.05) is 31.2 Å². The number of benzene rings is 1. The van der Waals surface area contributed by atoms with Crippen molar-refractivity contribution in [2.24, 2.45) is 0 Å². The highest BCUT2D eigenvalue weighted by molar-refractivity contribution is 5.81. The number of fused-ring (bicyclic) bond motifs is 1. The molecule has 1 unspecified atom stereocenters. The van der Waals surface area contributed by atoms with Gasteiger partial charge < -0.3 is 19.3 Å². The van der Waals surface area contributed by atoms with Crippen LogP contribution in [0, 0.1) is 0 Å². The molecular weight excluding hydrogens is 284 g/mol. The molecule has 1 fully saturated rings. The monoisotopic (exact) mass is 302 g/mol. The van der Waals surface area contributed by atoms with E-state index in [-0.39, 0.29) is 19.1 Å². The molecule has 116 valence electrons. The van der Waals surface area contributed by atoms with Crippen molar-refractivity contribution in [2.45, 2.75) is 19.1 Å². The predicted octanol–water partition coefficient (Wildman–Crippen LogP) is 1.34. The van der Waals surface area contributed by atoms with Gasteiger partial charge in [-0.15, -0.1) is 0 Å². The lowest BCUT2D eigenvalue weighted by atomic mass is 10.2. The topological polar surface area (TPSA) is 71.8 Å². The molecule has 0 bridgehead atoms. The Balaban J connectivity index is 1.61. The van der Waals surface area contributed by atoms with Gasteiger partial charge in [0.25, 0.3) is 0 Å². The normalized spacial score (nSPS) is 18.5. The van der Waals surface area contributed by atoms with Gasteiger partial charge in [-0.1, -0.05) is 18.2 Å². The number of carboxylic acid groups (broad SMARTS) is 1. The van der Waals surface area contributed by atoms with Crippen LogP contribution >= 0.6 is 0 Å². The van der Waals surface area contributed by atoms with Crippen molar-refractivity contribution in [3.05, 3.63) is 36.5 Å². The molecule has 1 saturated heterocycles. The van der Waals surface area contributed by atoms with Crippen molar-refractivity contribution in [1.29, 1.82) is 0 Å². The molecular formula is C16H18N2O4. The Kier molecular flexibility index (Phi) is 4.11. The van der Waals surface area contributed by atoms with Gasteiger partial charge in [-0.2, -0.15) is 0 Å². The summed E-state index contributed by atoms with van der Waals surface area (Å²) in [6.07, 6.45) is 1.41. The van der Waals surface area contributed by atoms with Crippen molar-refractivity contribution in [3.8, 4) is 0 Å². The first kappa shape index (κ1) is 14.6. The van der Waals surface area contributed by atoms with E-state index >= 15 is 0 Å². The number of hydrogen-bond donors (Lipinski definition) is 1. The summed E-state index contributed by atoms with van der Waals surface area (Å²) in [7, 11) is 0. The fraction of sp³-hybridized carbons (Fsp3) is 0.375. The van der Waals surface area contributed by atoms with Gasteiger partial charge >= 0.3 is 5.97 Å². The van der Waals surface area contributed by atoms with E-state index in [1.807, 2.05) is 41.1 Å². The van der Waals surface area contributed by atoms with Crippen LogP contribution in [0.3, 0.4) is 0 Å². The summed E-state index contributed by atoms with van der Waals surface area (Å²) in [6, 6.07) is 10.0. The molecule has 0 spiro atoms. The van der Waals surface area contributed by atoms with Crippen LogP contribution in [0.2, 0.25) is 0 Å². The van der Waals surface area contributed by atoms with Gasteiger partial charge in [0.2, 0.25) is 5.91 Å². The van der Waals surface area contributed by atoms with Crippen molar-refractivity contribution in [3.63, 3.8) is 0 Å². The van der Waals surface area contributed by atoms with E-state index in [2.05, 4.69) is 0 Å². The van der Waals surface area contributed by atoms with Crippen LogP contribution in [0.5, 0.6) is 0 Å². The van der Waals surface area contributed by atoms with Gasteiger partial charge in [-0.05, 0) is 17.5 Å². The summed E-state index contributed by atoms with van der Waals surface area (Å²) in [5.74, 6) is -1.05. The Morgan fingerprint density at radius 1 is 1.27 bits per heavy atom. The van der Waals surface area contributed by atoms with Gasteiger partial charge in [-0.25, -0.2) is 4.79 Å². The molecule has 2 heterocycles. The Morgan fingerprint density at radius 2 is 2.09 bits per heavy atom. The molecule has 1 amide bonds. The van der Waals surface area contributed by atoms with E-state index in [0.717, 1.165) is 10.9 Å². The van der Waals surface area contributed by atoms with Gasteiger partial charge in [0.05, 0.1) is 13.2 Å². The average molecular weight is 302 g/mol. The number of aromatic nitrogens is 1. The number of hydrogen-bond acceptors (Lipinski definition) is 3. The molecule has 6 heteroatoms. The molecule has 1 aromatic heterocycles. The van der Waals surface area contributed by atoms with Crippen LogP contribution in [0.4, 0.5) is 0 Å². The molecule has 1 aromatic carbocycles. The third-order valence-electron chi connectivity index (χ3n) is 3.94. The minimum atomic E-state index is -1.02. The minimum Gasteiger partial charge on any atom is -0.479 e. The van der Waals surface area contributed by atoms with E-state index in [4.69, 9.17) is 9.84 Å². The van der Waals surface area contributed by atoms with Crippen LogP contribution in [0.25, 0.3) is 10.9 Å². The number of aryl methyl sites for hydroxylation is 1. The first-order chi connectivity index (χ1) is 10.6. The highest BCUT2D eigenvalue weighted by atomic mass is 16.5. The van der Waals surface area contributed by atoms with Crippen molar-refractivity contribution >= 4 is 22.8 Å². The second-order valence-corrected chi connectivity index (χ2v) is 5.36.